The number of halogens is 3. The first kappa shape index (κ1) is 15.8. The largest absolute Gasteiger partial charge is 0.465 e. The molecule has 0 aliphatic carbocycles. The quantitative estimate of drug-likeness (QED) is 0.828. The minimum absolute atomic E-state index is 0.0989. The molecular formula is C12H12Cl2FN3O3. The number of nitrogens with one attached hydrogen (secondary N) is 1. The van der Waals surface area contributed by atoms with E-state index in [9.17, 15) is 14.0 Å². The van der Waals surface area contributed by atoms with Crippen molar-refractivity contribution in [2.75, 3.05) is 6.54 Å². The molecule has 2 atom stereocenters. The molecule has 21 heavy (non-hydrogen) atoms. The number of pyridine rings is 1. The lowest BCUT2D eigenvalue weighted by Gasteiger charge is -2.20. The molecule has 2 heterocycles. The normalized spacial score (nSPS) is 21.4. The summed E-state index contributed by atoms with van der Waals surface area (Å²) in [4.78, 5) is 27.5. The van der Waals surface area contributed by atoms with Crippen LogP contribution >= 0.6 is 23.2 Å². The molecule has 1 aliphatic rings. The molecule has 0 bridgehead atoms. The topological polar surface area (TPSA) is 82.5 Å². The Balaban J connectivity index is 1.99. The van der Waals surface area contributed by atoms with Gasteiger partial charge in [0.15, 0.2) is 0 Å². The number of carbonyl (C=O) groups excluding carboxylic acids is 1. The zero-order chi connectivity index (χ0) is 15.6. The van der Waals surface area contributed by atoms with Gasteiger partial charge < -0.3 is 10.4 Å². The number of rotatable bonds is 3. The average molecular weight is 336 g/mol. The van der Waals surface area contributed by atoms with Crippen LogP contribution in [0.2, 0.25) is 10.3 Å². The molecule has 0 aromatic carbocycles. The maximum absolute atomic E-state index is 13.3. The molecule has 2 amide bonds. The summed E-state index contributed by atoms with van der Waals surface area (Å²) in [5, 5.41) is 11.9. The van der Waals surface area contributed by atoms with E-state index in [0.29, 0.717) is 5.56 Å². The Bertz CT molecular complexity index is 552. The van der Waals surface area contributed by atoms with Crippen molar-refractivity contribution < 1.29 is 19.1 Å². The number of likely N-dealkylation sites (tertiary alicyclic amines) is 1. The van der Waals surface area contributed by atoms with Crippen LogP contribution in [0, 0.1) is 0 Å². The van der Waals surface area contributed by atoms with E-state index in [1.54, 1.807) is 0 Å². The van der Waals surface area contributed by atoms with Crippen LogP contribution in [0.25, 0.3) is 0 Å². The zero-order valence-electron chi connectivity index (χ0n) is 10.7. The van der Waals surface area contributed by atoms with Crippen LogP contribution in [0.3, 0.4) is 0 Å². The van der Waals surface area contributed by atoms with Gasteiger partial charge in [-0.25, -0.2) is 14.2 Å². The Morgan fingerprint density at radius 3 is 2.62 bits per heavy atom. The van der Waals surface area contributed by atoms with E-state index in [-0.39, 0.29) is 29.8 Å². The first-order valence-corrected chi connectivity index (χ1v) is 6.85. The number of nitrogens with zero attached hydrogens (tertiary/aromatic N) is 2. The molecular weight excluding hydrogens is 324 g/mol. The summed E-state index contributed by atoms with van der Waals surface area (Å²) in [6.45, 7) is -0.192. The second-order valence-corrected chi connectivity index (χ2v) is 5.40. The summed E-state index contributed by atoms with van der Waals surface area (Å²) in [7, 11) is 0. The van der Waals surface area contributed by atoms with Crippen molar-refractivity contribution in [3.8, 4) is 0 Å². The van der Waals surface area contributed by atoms with Gasteiger partial charge in [0.25, 0.3) is 0 Å². The summed E-state index contributed by atoms with van der Waals surface area (Å²) in [5.74, 6) is -0.554. The fourth-order valence-electron chi connectivity index (χ4n) is 2.17. The number of aromatic nitrogens is 1. The Morgan fingerprint density at radius 1 is 1.43 bits per heavy atom. The highest BCUT2D eigenvalue weighted by atomic mass is 35.5. The van der Waals surface area contributed by atoms with E-state index in [2.05, 4.69) is 10.3 Å². The van der Waals surface area contributed by atoms with Crippen molar-refractivity contribution in [1.29, 1.82) is 0 Å². The van der Waals surface area contributed by atoms with Crippen LogP contribution < -0.4 is 5.32 Å². The molecule has 9 heteroatoms. The second kappa shape index (κ2) is 6.44. The predicted octanol–water partition coefficient (Wildman–Crippen LogP) is 2.09. The van der Waals surface area contributed by atoms with Crippen LogP contribution in [0.1, 0.15) is 12.0 Å². The molecule has 0 saturated carbocycles. The van der Waals surface area contributed by atoms with E-state index in [0.717, 1.165) is 4.90 Å². The van der Waals surface area contributed by atoms with Crippen LogP contribution in [0.5, 0.6) is 0 Å². The predicted molar refractivity (Wildman–Crippen MR) is 74.1 cm³/mol. The maximum Gasteiger partial charge on any atom is 0.408 e. The van der Waals surface area contributed by atoms with Gasteiger partial charge >= 0.3 is 6.09 Å². The summed E-state index contributed by atoms with van der Waals surface area (Å²) in [6, 6.07) is 2.02. The van der Waals surface area contributed by atoms with Crippen molar-refractivity contribution in [3.05, 3.63) is 28.0 Å². The summed E-state index contributed by atoms with van der Waals surface area (Å²) in [5.41, 5.74) is 0.616. The Labute approximate surface area is 129 Å². The Kier molecular flexibility index (Phi) is 4.84. The van der Waals surface area contributed by atoms with Crippen LogP contribution in [0.4, 0.5) is 9.18 Å². The Morgan fingerprint density at radius 2 is 2.05 bits per heavy atom. The third-order valence-electron chi connectivity index (χ3n) is 3.09. The number of hydrogen-bond donors (Lipinski definition) is 2. The molecule has 1 aromatic rings. The van der Waals surface area contributed by atoms with Crippen molar-refractivity contribution in [2.45, 2.75) is 25.2 Å². The molecule has 0 unspecified atom stereocenters. The van der Waals surface area contributed by atoms with E-state index in [4.69, 9.17) is 28.3 Å². The minimum atomic E-state index is -1.33. The first-order valence-electron chi connectivity index (χ1n) is 6.10. The molecule has 1 saturated heterocycles. The summed E-state index contributed by atoms with van der Waals surface area (Å²) < 4.78 is 13.3. The van der Waals surface area contributed by atoms with Gasteiger partial charge in [-0.2, -0.15) is 0 Å². The third kappa shape index (κ3) is 3.95. The van der Waals surface area contributed by atoms with E-state index < -0.39 is 24.2 Å². The lowest BCUT2D eigenvalue weighted by atomic mass is 10.2. The smallest absolute Gasteiger partial charge is 0.408 e. The van der Waals surface area contributed by atoms with E-state index in [1.165, 1.54) is 12.1 Å². The van der Waals surface area contributed by atoms with Crippen LogP contribution in [0.15, 0.2) is 12.1 Å². The van der Waals surface area contributed by atoms with E-state index >= 15 is 0 Å². The van der Waals surface area contributed by atoms with Gasteiger partial charge in [-0.05, 0) is 17.7 Å². The second-order valence-electron chi connectivity index (χ2n) is 4.62. The van der Waals surface area contributed by atoms with Gasteiger partial charge in [-0.1, -0.05) is 23.2 Å². The van der Waals surface area contributed by atoms with Gasteiger partial charge in [-0.3, -0.25) is 9.69 Å². The van der Waals surface area contributed by atoms with Crippen molar-refractivity contribution in [1.82, 2.24) is 15.2 Å². The SMILES string of the molecule is O=C(NCc1cc(Cl)nc(Cl)c1)[C@@H]1C[C@@H](F)CN1C(=O)O. The van der Waals surface area contributed by atoms with Gasteiger partial charge in [0.05, 0.1) is 6.54 Å². The lowest BCUT2D eigenvalue weighted by Crippen LogP contribution is -2.45. The highest BCUT2D eigenvalue weighted by molar-refractivity contribution is 6.32. The molecule has 0 radical (unpaired) electrons. The number of carbonyl (C=O) groups is 2. The number of alkyl halides is 1. The standard InChI is InChI=1S/C12H12Cl2FN3O3/c13-9-1-6(2-10(14)17-9)4-16-11(19)8-3-7(15)5-18(8)12(20)21/h1-2,7-8H,3-5H2,(H,16,19)(H,20,21)/t7-,8+/m1/s1. The molecule has 2 N–H and O–H groups in total. The van der Waals surface area contributed by atoms with Gasteiger partial charge in [0.2, 0.25) is 5.91 Å². The van der Waals surface area contributed by atoms with Crippen molar-refractivity contribution >= 4 is 35.2 Å². The molecule has 6 nitrogen and oxygen atoms in total. The summed E-state index contributed by atoms with van der Waals surface area (Å²) >= 11 is 11.5. The molecule has 1 aromatic heterocycles. The molecule has 1 aliphatic heterocycles. The molecule has 0 spiro atoms. The number of carboxylic acid groups (broad SMARTS) is 1. The summed E-state index contributed by atoms with van der Waals surface area (Å²) in [6.07, 6.45) is -2.79. The lowest BCUT2D eigenvalue weighted by molar-refractivity contribution is -0.125. The highest BCUT2D eigenvalue weighted by Gasteiger charge is 2.39. The van der Waals surface area contributed by atoms with Gasteiger partial charge in [-0.15, -0.1) is 0 Å². The minimum Gasteiger partial charge on any atom is -0.465 e. The maximum atomic E-state index is 13.3. The zero-order valence-corrected chi connectivity index (χ0v) is 12.2. The first-order chi connectivity index (χ1) is 9.86. The molecule has 2 rings (SSSR count). The van der Waals surface area contributed by atoms with Crippen molar-refractivity contribution in [3.63, 3.8) is 0 Å². The van der Waals surface area contributed by atoms with Crippen molar-refractivity contribution in [2.24, 2.45) is 0 Å². The Hall–Kier alpha value is -1.60. The monoisotopic (exact) mass is 335 g/mol. The third-order valence-corrected chi connectivity index (χ3v) is 3.47. The fourth-order valence-corrected chi connectivity index (χ4v) is 2.67. The molecule has 1 fully saturated rings. The van der Waals surface area contributed by atoms with Gasteiger partial charge in [0, 0.05) is 13.0 Å². The number of hydrogen-bond acceptors (Lipinski definition) is 3. The van der Waals surface area contributed by atoms with Crippen LogP contribution in [-0.4, -0.2) is 45.7 Å². The number of amides is 2. The fraction of sp³-hybridized carbons (Fsp3) is 0.417. The highest BCUT2D eigenvalue weighted by Crippen LogP contribution is 2.21. The van der Waals surface area contributed by atoms with Crippen LogP contribution in [-0.2, 0) is 11.3 Å². The van der Waals surface area contributed by atoms with Gasteiger partial charge in [0.1, 0.15) is 22.5 Å². The van der Waals surface area contributed by atoms with E-state index in [1.807, 2.05) is 0 Å². The average Bonchev–Trinajstić information content (AvgIpc) is 2.77. The molecule has 114 valence electrons.